The molecule has 3 rings (SSSR count). The second kappa shape index (κ2) is 4.95. The monoisotopic (exact) mass is 285 g/mol. The minimum absolute atomic E-state index is 0.0946. The Hall–Kier alpha value is -1.23. The Morgan fingerprint density at radius 3 is 2.40 bits per heavy atom. The number of hydrogen-bond acceptors (Lipinski definition) is 2. The lowest BCUT2D eigenvalue weighted by Gasteiger charge is -2.61. The van der Waals surface area contributed by atoms with Gasteiger partial charge in [-0.1, -0.05) is 6.42 Å². The highest BCUT2D eigenvalue weighted by atomic mass is 19.2. The Kier molecular flexibility index (Phi) is 3.40. The van der Waals surface area contributed by atoms with Gasteiger partial charge in [-0.05, 0) is 26.2 Å². The molecule has 2 unspecified atom stereocenters. The third-order valence-corrected chi connectivity index (χ3v) is 4.76. The van der Waals surface area contributed by atoms with Gasteiger partial charge in [0.05, 0.1) is 6.10 Å². The lowest BCUT2D eigenvalue weighted by molar-refractivity contribution is -0.157. The van der Waals surface area contributed by atoms with Crippen molar-refractivity contribution in [3.8, 4) is 0 Å². The standard InChI is InChI=1S/C15H18F3NO/c1-2-20-13-8-12(15(13)4-3-5-15)19-9-6-10(16)14(18)11(17)7-9/h6-7,12-13,19H,2-5,8H2,1H3. The van der Waals surface area contributed by atoms with Crippen LogP contribution in [-0.2, 0) is 4.74 Å². The maximum atomic E-state index is 13.2. The molecule has 0 radical (unpaired) electrons. The van der Waals surface area contributed by atoms with E-state index < -0.39 is 17.5 Å². The molecule has 1 aromatic carbocycles. The lowest BCUT2D eigenvalue weighted by atomic mass is 9.51. The highest BCUT2D eigenvalue weighted by Crippen LogP contribution is 2.58. The van der Waals surface area contributed by atoms with Gasteiger partial charge in [-0.3, -0.25) is 0 Å². The van der Waals surface area contributed by atoms with Crippen LogP contribution in [0.25, 0.3) is 0 Å². The van der Waals surface area contributed by atoms with Crippen molar-refractivity contribution < 1.29 is 17.9 Å². The van der Waals surface area contributed by atoms with E-state index >= 15 is 0 Å². The van der Waals surface area contributed by atoms with E-state index in [9.17, 15) is 13.2 Å². The Bertz CT molecular complexity index is 493. The minimum Gasteiger partial charge on any atom is -0.381 e. The highest BCUT2D eigenvalue weighted by molar-refractivity contribution is 5.47. The van der Waals surface area contributed by atoms with Crippen LogP contribution in [0.4, 0.5) is 18.9 Å². The molecule has 2 nitrogen and oxygen atoms in total. The summed E-state index contributed by atoms with van der Waals surface area (Å²) in [4.78, 5) is 0. The number of anilines is 1. The second-order valence-corrected chi connectivity index (χ2v) is 5.72. The molecule has 2 atom stereocenters. The van der Waals surface area contributed by atoms with Gasteiger partial charge in [0.25, 0.3) is 0 Å². The van der Waals surface area contributed by atoms with Gasteiger partial charge < -0.3 is 10.1 Å². The topological polar surface area (TPSA) is 21.3 Å². The molecule has 0 aromatic heterocycles. The van der Waals surface area contributed by atoms with Gasteiger partial charge in [0.2, 0.25) is 0 Å². The van der Waals surface area contributed by atoms with E-state index in [1.807, 2.05) is 6.92 Å². The summed E-state index contributed by atoms with van der Waals surface area (Å²) < 4.78 is 45.1. The molecule has 0 heterocycles. The van der Waals surface area contributed by atoms with E-state index in [-0.39, 0.29) is 17.6 Å². The van der Waals surface area contributed by atoms with Gasteiger partial charge in [-0.2, -0.15) is 0 Å². The van der Waals surface area contributed by atoms with Gasteiger partial charge >= 0.3 is 0 Å². The van der Waals surface area contributed by atoms with E-state index in [1.165, 1.54) is 0 Å². The quantitative estimate of drug-likeness (QED) is 0.848. The van der Waals surface area contributed by atoms with Crippen molar-refractivity contribution in [1.29, 1.82) is 0 Å². The van der Waals surface area contributed by atoms with E-state index in [0.29, 0.717) is 12.3 Å². The molecule has 5 heteroatoms. The summed E-state index contributed by atoms with van der Waals surface area (Å²) in [5.41, 5.74) is 0.393. The molecule has 110 valence electrons. The largest absolute Gasteiger partial charge is 0.381 e. The summed E-state index contributed by atoms with van der Waals surface area (Å²) in [6, 6.07) is 2.18. The third kappa shape index (κ3) is 1.99. The molecule has 1 aromatic rings. The van der Waals surface area contributed by atoms with Crippen LogP contribution < -0.4 is 5.32 Å². The first kappa shape index (κ1) is 13.7. The molecule has 0 saturated heterocycles. The van der Waals surface area contributed by atoms with Crippen LogP contribution in [0.2, 0.25) is 0 Å². The zero-order valence-electron chi connectivity index (χ0n) is 11.4. The molecule has 0 amide bonds. The molecular weight excluding hydrogens is 267 g/mol. The average Bonchev–Trinajstić information content (AvgIpc) is 2.32. The van der Waals surface area contributed by atoms with Gasteiger partial charge in [-0.25, -0.2) is 13.2 Å². The number of benzene rings is 1. The fourth-order valence-electron chi connectivity index (χ4n) is 3.48. The van der Waals surface area contributed by atoms with Gasteiger partial charge in [0.1, 0.15) is 0 Å². The smallest absolute Gasteiger partial charge is 0.194 e. The van der Waals surface area contributed by atoms with Crippen molar-refractivity contribution in [3.63, 3.8) is 0 Å². The molecule has 20 heavy (non-hydrogen) atoms. The molecule has 0 aliphatic heterocycles. The van der Waals surface area contributed by atoms with Crippen molar-refractivity contribution in [2.24, 2.45) is 5.41 Å². The maximum Gasteiger partial charge on any atom is 0.194 e. The number of hydrogen-bond donors (Lipinski definition) is 1. The maximum absolute atomic E-state index is 13.2. The average molecular weight is 285 g/mol. The summed E-state index contributed by atoms with van der Waals surface area (Å²) in [6.07, 6.45) is 4.36. The first-order chi connectivity index (χ1) is 9.56. The van der Waals surface area contributed by atoms with E-state index in [4.69, 9.17) is 4.74 Å². The lowest BCUT2D eigenvalue weighted by Crippen LogP contribution is -2.64. The van der Waals surface area contributed by atoms with Crippen LogP contribution in [0.5, 0.6) is 0 Å². The van der Waals surface area contributed by atoms with Gasteiger partial charge in [0, 0.05) is 35.9 Å². The Morgan fingerprint density at radius 2 is 1.90 bits per heavy atom. The van der Waals surface area contributed by atoms with Crippen LogP contribution in [-0.4, -0.2) is 18.8 Å². The number of halogens is 3. The molecule has 2 fully saturated rings. The number of nitrogens with one attached hydrogen (secondary N) is 1. The zero-order chi connectivity index (χ0) is 14.3. The van der Waals surface area contributed by atoms with Gasteiger partial charge in [0.15, 0.2) is 17.5 Å². The molecule has 2 aliphatic carbocycles. The summed E-state index contributed by atoms with van der Waals surface area (Å²) >= 11 is 0. The van der Waals surface area contributed by atoms with Crippen molar-refractivity contribution in [2.75, 3.05) is 11.9 Å². The normalized spacial score (nSPS) is 27.0. The Labute approximate surface area is 116 Å². The van der Waals surface area contributed by atoms with Crippen molar-refractivity contribution in [1.82, 2.24) is 0 Å². The van der Waals surface area contributed by atoms with E-state index in [1.54, 1.807) is 0 Å². The fraction of sp³-hybridized carbons (Fsp3) is 0.600. The predicted octanol–water partition coefficient (Wildman–Crippen LogP) is 3.86. The van der Waals surface area contributed by atoms with Crippen LogP contribution in [0, 0.1) is 22.9 Å². The Morgan fingerprint density at radius 1 is 1.25 bits per heavy atom. The minimum atomic E-state index is -1.42. The molecule has 2 aliphatic rings. The van der Waals surface area contributed by atoms with E-state index in [0.717, 1.165) is 37.8 Å². The van der Waals surface area contributed by atoms with Crippen molar-refractivity contribution >= 4 is 5.69 Å². The highest BCUT2D eigenvalue weighted by Gasteiger charge is 2.58. The molecule has 1 spiro atoms. The number of ether oxygens (including phenoxy) is 1. The van der Waals surface area contributed by atoms with Crippen LogP contribution >= 0.6 is 0 Å². The SMILES string of the molecule is CCOC1CC(Nc2cc(F)c(F)c(F)c2)C12CCC2. The summed E-state index contributed by atoms with van der Waals surface area (Å²) in [6.45, 7) is 2.65. The first-order valence-electron chi connectivity index (χ1n) is 7.09. The summed E-state index contributed by atoms with van der Waals surface area (Å²) in [5, 5.41) is 3.14. The second-order valence-electron chi connectivity index (χ2n) is 5.72. The zero-order valence-corrected chi connectivity index (χ0v) is 11.4. The number of rotatable bonds is 4. The fourth-order valence-corrected chi connectivity index (χ4v) is 3.48. The van der Waals surface area contributed by atoms with Crippen LogP contribution in [0.1, 0.15) is 32.6 Å². The van der Waals surface area contributed by atoms with Crippen LogP contribution in [0.15, 0.2) is 12.1 Å². The Balaban J connectivity index is 1.73. The van der Waals surface area contributed by atoms with Crippen LogP contribution in [0.3, 0.4) is 0 Å². The first-order valence-corrected chi connectivity index (χ1v) is 7.09. The molecule has 0 bridgehead atoms. The molecular formula is C15H18F3NO. The van der Waals surface area contributed by atoms with Crippen molar-refractivity contribution in [3.05, 3.63) is 29.6 Å². The summed E-state index contributed by atoms with van der Waals surface area (Å²) in [5.74, 6) is -3.73. The van der Waals surface area contributed by atoms with Crippen molar-refractivity contribution in [2.45, 2.75) is 44.8 Å². The molecule has 2 saturated carbocycles. The predicted molar refractivity (Wildman–Crippen MR) is 70.0 cm³/mol. The van der Waals surface area contributed by atoms with Gasteiger partial charge in [-0.15, -0.1) is 0 Å². The van der Waals surface area contributed by atoms with E-state index in [2.05, 4.69) is 5.32 Å². The third-order valence-electron chi connectivity index (χ3n) is 4.76. The molecule has 1 N–H and O–H groups in total. The summed E-state index contributed by atoms with van der Waals surface area (Å²) in [7, 11) is 0.